The number of aliphatic hydroxyl groups excluding tert-OH is 12. The van der Waals surface area contributed by atoms with E-state index in [1.54, 1.807) is 13.8 Å². The van der Waals surface area contributed by atoms with Crippen LogP contribution in [0.5, 0.6) is 0 Å². The number of fused-ring (bicyclic) bond motifs is 5. The summed E-state index contributed by atoms with van der Waals surface area (Å²) in [5, 5.41) is 127. The highest BCUT2D eigenvalue weighted by atomic mass is 16.8. The molecule has 0 radical (unpaired) electrons. The summed E-state index contributed by atoms with van der Waals surface area (Å²) in [7, 11) is 0. The van der Waals surface area contributed by atoms with Crippen molar-refractivity contribution < 1.29 is 89.7 Å². The van der Waals surface area contributed by atoms with Crippen LogP contribution in [-0.4, -0.2) is 191 Å². The fourth-order valence-electron chi connectivity index (χ4n) is 16.5. The summed E-state index contributed by atoms with van der Waals surface area (Å²) in [6, 6.07) is 0. The van der Waals surface area contributed by atoms with Gasteiger partial charge in [-0.25, -0.2) is 0 Å². The molecule has 0 spiro atoms. The molecule has 4 aliphatic carbocycles. The van der Waals surface area contributed by atoms with Gasteiger partial charge in [0.15, 0.2) is 18.9 Å². The van der Waals surface area contributed by atoms with Gasteiger partial charge in [-0.2, -0.15) is 0 Å². The Morgan fingerprint density at radius 3 is 1.66 bits per heavy atom. The molecule has 12 N–H and O–H groups in total. The van der Waals surface area contributed by atoms with E-state index >= 15 is 0 Å². The first-order valence-corrected chi connectivity index (χ1v) is 27.2. The Bertz CT molecular complexity index is 1760. The molecule has 7 aliphatic rings. The summed E-state index contributed by atoms with van der Waals surface area (Å²) in [6.45, 7) is 15.4. The van der Waals surface area contributed by atoms with Crippen LogP contribution in [0.15, 0.2) is 11.6 Å². The van der Waals surface area contributed by atoms with Crippen LogP contribution >= 0.6 is 0 Å². The second kappa shape index (κ2) is 22.5. The summed E-state index contributed by atoms with van der Waals surface area (Å²) in [5.41, 5.74) is 0.0956. The van der Waals surface area contributed by atoms with Crippen molar-refractivity contribution >= 4 is 0 Å². The first-order chi connectivity index (χ1) is 33.6. The van der Waals surface area contributed by atoms with Crippen molar-refractivity contribution in [3.8, 4) is 0 Å². The highest BCUT2D eigenvalue weighted by Crippen LogP contribution is 2.78. The van der Waals surface area contributed by atoms with Gasteiger partial charge in [0.05, 0.1) is 37.6 Å². The van der Waals surface area contributed by atoms with Crippen LogP contribution in [0.3, 0.4) is 0 Å². The van der Waals surface area contributed by atoms with Gasteiger partial charge in [0, 0.05) is 5.41 Å². The fourth-order valence-corrected chi connectivity index (χ4v) is 16.5. The van der Waals surface area contributed by atoms with Crippen LogP contribution in [0.2, 0.25) is 0 Å². The Hall–Kier alpha value is -0.980. The van der Waals surface area contributed by atoms with Gasteiger partial charge in [0.1, 0.15) is 73.2 Å². The number of ether oxygens (including phenoxy) is 6. The maximum Gasteiger partial charge on any atom is 0.187 e. The van der Waals surface area contributed by atoms with Crippen LogP contribution < -0.4 is 0 Å². The molecule has 71 heavy (non-hydrogen) atoms. The van der Waals surface area contributed by atoms with E-state index in [1.807, 2.05) is 0 Å². The van der Waals surface area contributed by atoms with Crippen molar-refractivity contribution in [2.24, 2.45) is 45.3 Å². The molecule has 6 fully saturated rings. The molecule has 0 aromatic carbocycles. The summed E-state index contributed by atoms with van der Waals surface area (Å²) < 4.78 is 36.3. The summed E-state index contributed by atoms with van der Waals surface area (Å²) >= 11 is 0. The van der Waals surface area contributed by atoms with Gasteiger partial charge in [0.25, 0.3) is 0 Å². The van der Waals surface area contributed by atoms with Gasteiger partial charge in [-0.05, 0) is 144 Å². The van der Waals surface area contributed by atoms with E-state index in [2.05, 4.69) is 47.6 Å². The van der Waals surface area contributed by atoms with Crippen LogP contribution in [0, 0.1) is 45.3 Å². The third kappa shape index (κ3) is 9.57. The molecule has 24 unspecified atom stereocenters. The average molecular weight is 1020 g/mol. The van der Waals surface area contributed by atoms with Gasteiger partial charge in [-0.1, -0.05) is 53.2 Å². The molecule has 18 nitrogen and oxygen atoms in total. The van der Waals surface area contributed by atoms with Crippen molar-refractivity contribution in [2.75, 3.05) is 19.8 Å². The lowest BCUT2D eigenvalue weighted by atomic mass is 9.36. The number of rotatable bonds is 19. The number of hydrogen-bond acceptors (Lipinski definition) is 18. The van der Waals surface area contributed by atoms with Gasteiger partial charge in [-0.3, -0.25) is 0 Å². The molecule has 7 rings (SSSR count). The summed E-state index contributed by atoms with van der Waals surface area (Å²) in [5.74, 6) is 1.50. The second-order valence-corrected chi connectivity index (χ2v) is 23.3. The molecule has 24 atom stereocenters. The van der Waals surface area contributed by atoms with E-state index in [0.717, 1.165) is 77.0 Å². The quantitative estimate of drug-likeness (QED) is 0.0823. The lowest BCUT2D eigenvalue weighted by Crippen LogP contribution is -2.65. The maximum atomic E-state index is 12.0. The van der Waals surface area contributed by atoms with Gasteiger partial charge < -0.3 is 89.7 Å². The Kier molecular flexibility index (Phi) is 18.3. The Balaban J connectivity index is 1.07. The van der Waals surface area contributed by atoms with Crippen molar-refractivity contribution in [1.29, 1.82) is 0 Å². The smallest absolute Gasteiger partial charge is 0.187 e. The highest BCUT2D eigenvalue weighted by Gasteiger charge is 2.70. The first-order valence-electron chi connectivity index (χ1n) is 27.2. The molecule has 412 valence electrons. The zero-order valence-electron chi connectivity index (χ0n) is 43.5. The molecule has 3 saturated carbocycles. The minimum atomic E-state index is -1.81. The molecular formula is C53H92O18. The highest BCUT2D eigenvalue weighted by molar-refractivity contribution is 5.32. The molecule has 18 heteroatoms. The topological polar surface area (TPSA) is 298 Å². The predicted molar refractivity (Wildman–Crippen MR) is 257 cm³/mol. The third-order valence-electron chi connectivity index (χ3n) is 20.6. The van der Waals surface area contributed by atoms with E-state index in [0.29, 0.717) is 30.6 Å². The first kappa shape index (κ1) is 57.7. The van der Waals surface area contributed by atoms with E-state index in [4.69, 9.17) is 28.4 Å². The van der Waals surface area contributed by atoms with E-state index in [9.17, 15) is 61.3 Å². The van der Waals surface area contributed by atoms with E-state index < -0.39 is 124 Å². The third-order valence-corrected chi connectivity index (χ3v) is 20.6. The van der Waals surface area contributed by atoms with Gasteiger partial charge in [-0.15, -0.1) is 0 Å². The maximum absolute atomic E-state index is 12.0. The lowest BCUT2D eigenvalue weighted by molar-refractivity contribution is -0.380. The van der Waals surface area contributed by atoms with Crippen LogP contribution in [0.1, 0.15) is 145 Å². The largest absolute Gasteiger partial charge is 0.394 e. The molecule has 0 amide bonds. The minimum absolute atomic E-state index is 0.0857. The molecular weight excluding hydrogens is 925 g/mol. The van der Waals surface area contributed by atoms with Gasteiger partial charge >= 0.3 is 0 Å². The normalized spacial score (nSPS) is 47.7. The van der Waals surface area contributed by atoms with E-state index in [1.165, 1.54) is 5.57 Å². The number of hydrogen-bond donors (Lipinski definition) is 12. The molecule has 3 heterocycles. The van der Waals surface area contributed by atoms with Gasteiger partial charge in [0.2, 0.25) is 0 Å². The number of allylic oxidation sites excluding steroid dienone is 1. The fraction of sp³-hybridized carbons (Fsp3) is 0.962. The molecule has 0 aromatic heterocycles. The van der Waals surface area contributed by atoms with Crippen LogP contribution in [-0.2, 0) is 28.4 Å². The zero-order chi connectivity index (χ0) is 52.2. The van der Waals surface area contributed by atoms with Crippen LogP contribution in [0.4, 0.5) is 0 Å². The van der Waals surface area contributed by atoms with Crippen molar-refractivity contribution in [1.82, 2.24) is 0 Å². The van der Waals surface area contributed by atoms with Crippen LogP contribution in [0.25, 0.3) is 0 Å². The molecule has 0 bridgehead atoms. The van der Waals surface area contributed by atoms with Crippen molar-refractivity contribution in [3.05, 3.63) is 11.6 Å². The minimum Gasteiger partial charge on any atom is -0.394 e. The molecule has 3 saturated heterocycles. The van der Waals surface area contributed by atoms with Crippen molar-refractivity contribution in [2.45, 2.75) is 255 Å². The SMILES string of the molecule is CCC1(CC)C2=CCC3C(CC)(CCC4(CC)C(C(C)CCC(O)C(C)(C)OC5OC(CO)C(O)C(O)C5OC5OC(CO)C(O)C(O)C5O)CCC34CC)C2CCC1OC1OC(CO)C(O)C(O)C1O. The number of aliphatic hydroxyl groups is 12. The second-order valence-electron chi connectivity index (χ2n) is 23.3. The standard InChI is InChI=1S/C53H92O18/c1-9-50(10-2)29-15-17-34-51(11-3,30(29)16-19-36(50)69-46-43(64)40(61)37(58)31(24-54)66-46)22-23-52(12-4)28(20-21-53(34,52)13-5)27(6)14-18-35(57)49(7,8)71-48-45(42(63)39(60)33(26-56)68-48)70-47-44(65)41(62)38(59)32(25-55)67-47/h15,27-28,30-48,54-65H,9-14,16-26H2,1-8H3. The monoisotopic (exact) mass is 1020 g/mol. The predicted octanol–water partition coefficient (Wildman–Crippen LogP) is 1.92. The summed E-state index contributed by atoms with van der Waals surface area (Å²) in [4.78, 5) is 0. The van der Waals surface area contributed by atoms with E-state index in [-0.39, 0.29) is 33.7 Å². The Morgan fingerprint density at radius 1 is 0.606 bits per heavy atom. The summed E-state index contributed by atoms with van der Waals surface area (Å²) in [6.07, 6.45) is -8.25. The average Bonchev–Trinajstić information content (AvgIpc) is 3.73. The molecule has 3 aliphatic heterocycles. The Labute approximate surface area is 420 Å². The molecule has 0 aromatic rings. The lowest BCUT2D eigenvalue weighted by Gasteiger charge is -2.69. The Morgan fingerprint density at radius 2 is 1.14 bits per heavy atom. The van der Waals surface area contributed by atoms with Crippen molar-refractivity contribution in [3.63, 3.8) is 0 Å². The zero-order valence-corrected chi connectivity index (χ0v) is 43.5.